The highest BCUT2D eigenvalue weighted by Gasteiger charge is 2.08. The Labute approximate surface area is 109 Å². The smallest absolute Gasteiger partial charge is 0.231 e. The molecule has 0 aliphatic heterocycles. The normalized spacial score (nSPS) is 11.6. The Morgan fingerprint density at radius 3 is 2.56 bits per heavy atom. The molecule has 0 spiro atoms. The van der Waals surface area contributed by atoms with Crippen LogP contribution in [0.2, 0.25) is 0 Å². The number of rotatable bonds is 7. The predicted octanol–water partition coefficient (Wildman–Crippen LogP) is 2.14. The minimum atomic E-state index is -0.274. The van der Waals surface area contributed by atoms with Crippen molar-refractivity contribution in [2.75, 3.05) is 19.6 Å². The highest BCUT2D eigenvalue weighted by molar-refractivity contribution is 5.75. The molecule has 2 N–H and O–H groups in total. The van der Waals surface area contributed by atoms with E-state index in [1.165, 1.54) is 5.56 Å². The molecule has 0 heterocycles. The Morgan fingerprint density at radius 2 is 2.00 bits per heavy atom. The maximum Gasteiger partial charge on any atom is 0.231 e. The minimum Gasteiger partial charge on any atom is -0.369 e. The van der Waals surface area contributed by atoms with Gasteiger partial charge in [-0.2, -0.15) is 0 Å². The van der Waals surface area contributed by atoms with Gasteiger partial charge < -0.3 is 5.73 Å². The molecular weight excluding hydrogens is 224 g/mol. The Morgan fingerprint density at radius 1 is 1.33 bits per heavy atom. The van der Waals surface area contributed by atoms with E-state index in [0.717, 1.165) is 13.1 Å². The SMILES string of the molecule is CC(C)CN(C/C=C\c1ccccc1)CC(N)=O. The zero-order valence-electron chi connectivity index (χ0n) is 11.2. The molecule has 0 unspecified atom stereocenters. The number of nitrogens with zero attached hydrogens (tertiary/aromatic N) is 1. The first-order valence-electron chi connectivity index (χ1n) is 6.30. The third-order valence-electron chi connectivity index (χ3n) is 2.48. The fourth-order valence-electron chi connectivity index (χ4n) is 1.84. The summed E-state index contributed by atoms with van der Waals surface area (Å²) in [7, 11) is 0. The number of carbonyl (C=O) groups is 1. The van der Waals surface area contributed by atoms with Crippen LogP contribution in [0.5, 0.6) is 0 Å². The third kappa shape index (κ3) is 6.21. The summed E-state index contributed by atoms with van der Waals surface area (Å²) >= 11 is 0. The fourth-order valence-corrected chi connectivity index (χ4v) is 1.84. The van der Waals surface area contributed by atoms with Gasteiger partial charge in [-0.1, -0.05) is 56.3 Å². The quantitative estimate of drug-likeness (QED) is 0.801. The van der Waals surface area contributed by atoms with Gasteiger partial charge in [-0.15, -0.1) is 0 Å². The molecule has 1 aromatic rings. The van der Waals surface area contributed by atoms with Crippen LogP contribution in [0.1, 0.15) is 19.4 Å². The molecule has 0 aliphatic rings. The van der Waals surface area contributed by atoms with Crippen molar-refractivity contribution in [1.82, 2.24) is 4.90 Å². The molecule has 0 bridgehead atoms. The van der Waals surface area contributed by atoms with Gasteiger partial charge >= 0.3 is 0 Å². The minimum absolute atomic E-state index is 0.274. The zero-order valence-corrected chi connectivity index (χ0v) is 11.2. The van der Waals surface area contributed by atoms with E-state index in [0.29, 0.717) is 12.5 Å². The standard InChI is InChI=1S/C15H22N2O/c1-13(2)11-17(12-15(16)18)10-6-9-14-7-4-3-5-8-14/h3-9,13H,10-12H2,1-2H3,(H2,16,18)/b9-6-. The number of carbonyl (C=O) groups excluding carboxylic acids is 1. The number of hydrogen-bond acceptors (Lipinski definition) is 2. The maximum atomic E-state index is 11.0. The van der Waals surface area contributed by atoms with Crippen LogP contribution in [0.4, 0.5) is 0 Å². The van der Waals surface area contributed by atoms with Gasteiger partial charge in [0.2, 0.25) is 5.91 Å². The molecule has 3 nitrogen and oxygen atoms in total. The van der Waals surface area contributed by atoms with Gasteiger partial charge in [0.05, 0.1) is 6.54 Å². The molecule has 18 heavy (non-hydrogen) atoms. The number of primary amides is 1. The lowest BCUT2D eigenvalue weighted by atomic mass is 10.2. The number of nitrogens with two attached hydrogens (primary N) is 1. The second kappa shape index (κ2) is 7.67. The first-order valence-corrected chi connectivity index (χ1v) is 6.30. The molecule has 98 valence electrons. The van der Waals surface area contributed by atoms with E-state index in [1.807, 2.05) is 18.2 Å². The fraction of sp³-hybridized carbons (Fsp3) is 0.400. The summed E-state index contributed by atoms with van der Waals surface area (Å²) in [6.07, 6.45) is 4.13. The molecule has 0 saturated carbocycles. The largest absolute Gasteiger partial charge is 0.369 e. The summed E-state index contributed by atoms with van der Waals surface area (Å²) in [6, 6.07) is 10.1. The van der Waals surface area contributed by atoms with Gasteiger partial charge in [0.1, 0.15) is 0 Å². The van der Waals surface area contributed by atoms with E-state index in [-0.39, 0.29) is 5.91 Å². The van der Waals surface area contributed by atoms with E-state index in [2.05, 4.69) is 43.0 Å². The lowest BCUT2D eigenvalue weighted by Gasteiger charge is -2.20. The van der Waals surface area contributed by atoms with E-state index >= 15 is 0 Å². The molecule has 0 atom stereocenters. The molecule has 1 aromatic carbocycles. The van der Waals surface area contributed by atoms with E-state index in [1.54, 1.807) is 0 Å². The summed E-state index contributed by atoms with van der Waals surface area (Å²) in [6.45, 7) is 6.21. The molecule has 3 heteroatoms. The van der Waals surface area contributed by atoms with Crippen molar-refractivity contribution in [3.8, 4) is 0 Å². The lowest BCUT2D eigenvalue weighted by Crippen LogP contribution is -2.36. The van der Waals surface area contributed by atoms with Crippen molar-refractivity contribution >= 4 is 12.0 Å². The highest BCUT2D eigenvalue weighted by Crippen LogP contribution is 2.03. The van der Waals surface area contributed by atoms with E-state index in [4.69, 9.17) is 5.73 Å². The van der Waals surface area contributed by atoms with Gasteiger partial charge in [-0.3, -0.25) is 9.69 Å². The van der Waals surface area contributed by atoms with Crippen molar-refractivity contribution in [1.29, 1.82) is 0 Å². The maximum absolute atomic E-state index is 11.0. The summed E-state index contributed by atoms with van der Waals surface area (Å²) in [5, 5.41) is 0. The van der Waals surface area contributed by atoms with Gasteiger partial charge in [0.25, 0.3) is 0 Å². The average molecular weight is 246 g/mol. The second-order valence-electron chi connectivity index (χ2n) is 4.87. The molecule has 1 rings (SSSR count). The monoisotopic (exact) mass is 246 g/mol. The van der Waals surface area contributed by atoms with Crippen LogP contribution in [0.15, 0.2) is 36.4 Å². The van der Waals surface area contributed by atoms with Crippen LogP contribution < -0.4 is 5.73 Å². The molecule has 0 fully saturated rings. The highest BCUT2D eigenvalue weighted by atomic mass is 16.1. The van der Waals surface area contributed by atoms with Crippen LogP contribution in [-0.4, -0.2) is 30.4 Å². The summed E-state index contributed by atoms with van der Waals surface area (Å²) < 4.78 is 0. The lowest BCUT2D eigenvalue weighted by molar-refractivity contribution is -0.119. The van der Waals surface area contributed by atoms with E-state index < -0.39 is 0 Å². The topological polar surface area (TPSA) is 46.3 Å². The average Bonchev–Trinajstić information content (AvgIpc) is 2.28. The Balaban J connectivity index is 2.50. The molecule has 0 aliphatic carbocycles. The molecule has 1 amide bonds. The summed E-state index contributed by atoms with van der Waals surface area (Å²) in [5.74, 6) is 0.248. The van der Waals surface area contributed by atoms with Gasteiger partial charge in [-0.25, -0.2) is 0 Å². The predicted molar refractivity (Wildman–Crippen MR) is 75.9 cm³/mol. The first-order chi connectivity index (χ1) is 8.58. The van der Waals surface area contributed by atoms with Crippen LogP contribution >= 0.6 is 0 Å². The molecular formula is C15H22N2O. The summed E-state index contributed by atoms with van der Waals surface area (Å²) in [5.41, 5.74) is 6.41. The van der Waals surface area contributed by atoms with Crippen molar-refractivity contribution in [3.05, 3.63) is 42.0 Å². The van der Waals surface area contributed by atoms with Crippen LogP contribution in [0.25, 0.3) is 6.08 Å². The molecule has 0 saturated heterocycles. The van der Waals surface area contributed by atoms with Crippen LogP contribution in [0.3, 0.4) is 0 Å². The molecule has 0 radical (unpaired) electrons. The Hall–Kier alpha value is -1.61. The number of amides is 1. The third-order valence-corrected chi connectivity index (χ3v) is 2.48. The zero-order chi connectivity index (χ0) is 13.4. The Bertz CT molecular complexity index is 385. The van der Waals surface area contributed by atoms with Crippen LogP contribution in [0, 0.1) is 5.92 Å². The first kappa shape index (κ1) is 14.5. The number of benzene rings is 1. The Kier molecular flexibility index (Phi) is 6.15. The van der Waals surface area contributed by atoms with E-state index in [9.17, 15) is 4.79 Å². The van der Waals surface area contributed by atoms with Gasteiger partial charge in [0, 0.05) is 13.1 Å². The molecule has 0 aromatic heterocycles. The van der Waals surface area contributed by atoms with Crippen molar-refractivity contribution in [3.63, 3.8) is 0 Å². The summed E-state index contributed by atoms with van der Waals surface area (Å²) in [4.78, 5) is 13.0. The number of hydrogen-bond donors (Lipinski definition) is 1. The van der Waals surface area contributed by atoms with Gasteiger partial charge in [-0.05, 0) is 11.5 Å². The van der Waals surface area contributed by atoms with Crippen molar-refractivity contribution < 1.29 is 4.79 Å². The van der Waals surface area contributed by atoms with Crippen LogP contribution in [-0.2, 0) is 4.79 Å². The second-order valence-corrected chi connectivity index (χ2v) is 4.87. The van der Waals surface area contributed by atoms with Crippen molar-refractivity contribution in [2.24, 2.45) is 11.7 Å². The van der Waals surface area contributed by atoms with Gasteiger partial charge in [0.15, 0.2) is 0 Å². The van der Waals surface area contributed by atoms with Crippen molar-refractivity contribution in [2.45, 2.75) is 13.8 Å².